The molecule has 0 spiro atoms. The van der Waals surface area contributed by atoms with Gasteiger partial charge < -0.3 is 35.8 Å². The summed E-state index contributed by atoms with van der Waals surface area (Å²) in [6.45, 7) is 4.67. The van der Waals surface area contributed by atoms with Crippen molar-refractivity contribution in [1.82, 2.24) is 15.2 Å². The molecular formula is C40H43N5O6. The number of hydrogen-bond donors (Lipinski definition) is 6. The zero-order chi connectivity index (χ0) is 35.9. The lowest BCUT2D eigenvalue weighted by molar-refractivity contribution is -0.116. The van der Waals surface area contributed by atoms with Crippen molar-refractivity contribution in [2.45, 2.75) is 44.9 Å². The van der Waals surface area contributed by atoms with Crippen molar-refractivity contribution < 1.29 is 24.9 Å². The highest BCUT2D eigenvalue weighted by molar-refractivity contribution is 5.94. The van der Waals surface area contributed by atoms with Crippen LogP contribution in [0.1, 0.15) is 42.1 Å². The summed E-state index contributed by atoms with van der Waals surface area (Å²) in [7, 11) is 0. The number of carboxylic acid groups (broad SMARTS) is 1. The Morgan fingerprint density at radius 1 is 0.961 bits per heavy atom. The Kier molecular flexibility index (Phi) is 11.1. The van der Waals surface area contributed by atoms with Crippen molar-refractivity contribution in [3.63, 3.8) is 0 Å². The molecule has 1 aliphatic heterocycles. The number of hydrogen-bond acceptors (Lipinski definition) is 7. The monoisotopic (exact) mass is 689 g/mol. The lowest BCUT2D eigenvalue weighted by Gasteiger charge is -2.37. The summed E-state index contributed by atoms with van der Waals surface area (Å²) in [5.74, 6) is -0.138. The van der Waals surface area contributed by atoms with Gasteiger partial charge in [0.25, 0.3) is 0 Å². The van der Waals surface area contributed by atoms with E-state index in [2.05, 4.69) is 20.5 Å². The minimum atomic E-state index is -0.964. The third-order valence-electron chi connectivity index (χ3n) is 9.53. The van der Waals surface area contributed by atoms with Gasteiger partial charge in [0.15, 0.2) is 0 Å². The van der Waals surface area contributed by atoms with E-state index in [1.165, 1.54) is 17.0 Å². The molecule has 11 heteroatoms. The van der Waals surface area contributed by atoms with Gasteiger partial charge in [0.1, 0.15) is 5.75 Å². The number of nitrogens with zero attached hydrogens (tertiary/aromatic N) is 2. The predicted octanol–water partition coefficient (Wildman–Crippen LogP) is 6.01. The minimum Gasteiger partial charge on any atom is -0.506 e. The number of phenols is 1. The van der Waals surface area contributed by atoms with Crippen molar-refractivity contribution in [2.75, 3.05) is 36.4 Å². The summed E-state index contributed by atoms with van der Waals surface area (Å²) >= 11 is 0. The van der Waals surface area contributed by atoms with Gasteiger partial charge in [-0.25, -0.2) is 4.79 Å². The third kappa shape index (κ3) is 8.46. The number of amides is 2. The molecule has 1 aliphatic rings. The van der Waals surface area contributed by atoms with Crippen LogP contribution in [0.25, 0.3) is 22.0 Å². The number of para-hydroxylation sites is 1. The molecule has 4 aromatic carbocycles. The van der Waals surface area contributed by atoms with Gasteiger partial charge in [-0.15, -0.1) is 0 Å². The number of carbonyl (C=O) groups is 2. The van der Waals surface area contributed by atoms with E-state index < -0.39 is 12.2 Å². The summed E-state index contributed by atoms with van der Waals surface area (Å²) < 4.78 is 0. The van der Waals surface area contributed by atoms with Gasteiger partial charge in [0.05, 0.1) is 17.3 Å². The predicted molar refractivity (Wildman–Crippen MR) is 199 cm³/mol. The molecule has 0 saturated carbocycles. The molecule has 11 nitrogen and oxygen atoms in total. The number of aromatic amines is 1. The van der Waals surface area contributed by atoms with Crippen molar-refractivity contribution in [3.8, 4) is 16.9 Å². The van der Waals surface area contributed by atoms with E-state index in [1.807, 2.05) is 79.7 Å². The number of likely N-dealkylation sites (tertiary alicyclic amines) is 1. The summed E-state index contributed by atoms with van der Waals surface area (Å²) in [5.41, 5.74) is 5.75. The zero-order valence-electron chi connectivity index (χ0n) is 28.5. The molecule has 1 aromatic heterocycles. The average Bonchev–Trinajstić information content (AvgIpc) is 3.13. The summed E-state index contributed by atoms with van der Waals surface area (Å²) in [6, 6.07) is 29.1. The summed E-state index contributed by atoms with van der Waals surface area (Å²) in [5, 5.41) is 38.1. The number of aryl methyl sites for hydroxylation is 1. The van der Waals surface area contributed by atoms with Crippen LogP contribution in [0.15, 0.2) is 102 Å². The molecule has 2 heterocycles. The largest absolute Gasteiger partial charge is 0.506 e. The number of piperidine rings is 1. The van der Waals surface area contributed by atoms with Crippen LogP contribution < -0.4 is 21.1 Å². The number of nitrogens with one attached hydrogen (secondary N) is 3. The molecule has 1 atom stereocenters. The molecule has 6 N–H and O–H groups in total. The third-order valence-corrected chi connectivity index (χ3v) is 9.53. The molecule has 2 amide bonds. The molecule has 0 bridgehead atoms. The first kappa shape index (κ1) is 35.3. The molecule has 0 unspecified atom stereocenters. The number of aromatic hydroxyl groups is 1. The van der Waals surface area contributed by atoms with Crippen LogP contribution in [0.2, 0.25) is 0 Å². The van der Waals surface area contributed by atoms with Gasteiger partial charge in [-0.3, -0.25) is 14.5 Å². The number of rotatable bonds is 12. The van der Waals surface area contributed by atoms with Crippen molar-refractivity contribution in [1.29, 1.82) is 0 Å². The zero-order valence-corrected chi connectivity index (χ0v) is 28.5. The fourth-order valence-electron chi connectivity index (χ4n) is 6.86. The fourth-order valence-corrected chi connectivity index (χ4v) is 6.86. The average molecular weight is 690 g/mol. The Bertz CT molecular complexity index is 2060. The highest BCUT2D eigenvalue weighted by Gasteiger charge is 2.30. The first-order chi connectivity index (χ1) is 24.7. The van der Waals surface area contributed by atoms with Crippen LogP contribution in [0, 0.1) is 6.92 Å². The van der Waals surface area contributed by atoms with E-state index in [0.717, 1.165) is 27.9 Å². The molecule has 0 radical (unpaired) electrons. The Hall–Kier alpha value is -5.49. The maximum absolute atomic E-state index is 12.9. The van der Waals surface area contributed by atoms with Gasteiger partial charge in [-0.2, -0.15) is 0 Å². The van der Waals surface area contributed by atoms with E-state index in [0.29, 0.717) is 67.6 Å². The molecular weight excluding hydrogens is 646 g/mol. The fraction of sp³-hybridized carbons (Fsp3) is 0.275. The van der Waals surface area contributed by atoms with Gasteiger partial charge >= 0.3 is 6.09 Å². The minimum absolute atomic E-state index is 0.0551. The molecule has 264 valence electrons. The van der Waals surface area contributed by atoms with E-state index in [1.54, 1.807) is 12.1 Å². The van der Waals surface area contributed by atoms with Crippen LogP contribution in [0.5, 0.6) is 5.75 Å². The molecule has 1 saturated heterocycles. The molecule has 6 rings (SSSR count). The standard InChI is InChI=1S/C40H43N5O6/c1-26-23-27(24-41-25-36(47)31-12-15-35(46)39-32(31)13-16-37(48)43-39)11-14-33(26)42-38(49)19-22-44-20-17-29(18-21-44)45(40(50)51)34-10-6-5-9-30(34)28-7-3-2-4-8-28/h2-16,23,29,36,41,46-47H,17-22,24-25H2,1H3,(H,42,49)(H,43,48)(H,50,51)/t36-/m0/s1. The van der Waals surface area contributed by atoms with Crippen LogP contribution in [-0.2, 0) is 11.3 Å². The second kappa shape index (κ2) is 16.0. The summed E-state index contributed by atoms with van der Waals surface area (Å²) in [4.78, 5) is 43.5. The number of phenolic OH excluding ortho intramolecular Hbond substituents is 1. The number of aliphatic hydroxyl groups is 1. The van der Waals surface area contributed by atoms with Gasteiger partial charge in [-0.1, -0.05) is 66.7 Å². The molecule has 0 aliphatic carbocycles. The van der Waals surface area contributed by atoms with Gasteiger partial charge in [0.2, 0.25) is 11.5 Å². The van der Waals surface area contributed by atoms with Crippen LogP contribution in [-0.4, -0.2) is 69.4 Å². The lowest BCUT2D eigenvalue weighted by Crippen LogP contribution is -2.47. The first-order valence-electron chi connectivity index (χ1n) is 17.2. The van der Waals surface area contributed by atoms with E-state index >= 15 is 0 Å². The highest BCUT2D eigenvalue weighted by Crippen LogP contribution is 2.34. The van der Waals surface area contributed by atoms with Crippen LogP contribution in [0.3, 0.4) is 0 Å². The van der Waals surface area contributed by atoms with Gasteiger partial charge in [0, 0.05) is 67.9 Å². The van der Waals surface area contributed by atoms with Crippen LogP contribution >= 0.6 is 0 Å². The Labute approximate surface area is 296 Å². The lowest BCUT2D eigenvalue weighted by atomic mass is 9.98. The smallest absolute Gasteiger partial charge is 0.412 e. The second-order valence-electron chi connectivity index (χ2n) is 13.0. The SMILES string of the molecule is Cc1cc(CNC[C@H](O)c2ccc(O)c3[nH]c(=O)ccc23)ccc1NC(=O)CCN1CCC(N(C(=O)O)c2ccccc2-c2ccccc2)CC1. The van der Waals surface area contributed by atoms with E-state index in [-0.39, 0.29) is 29.8 Å². The Morgan fingerprint density at radius 3 is 2.45 bits per heavy atom. The maximum atomic E-state index is 12.9. The number of aliphatic hydroxyl groups excluding tert-OH is 1. The molecule has 5 aromatic rings. The second-order valence-corrected chi connectivity index (χ2v) is 13.0. The van der Waals surface area contributed by atoms with Gasteiger partial charge in [-0.05, 0) is 66.3 Å². The Morgan fingerprint density at radius 2 is 1.71 bits per heavy atom. The van der Waals surface area contributed by atoms with E-state index in [4.69, 9.17) is 0 Å². The number of carbonyl (C=O) groups excluding carboxylic acids is 1. The summed E-state index contributed by atoms with van der Waals surface area (Å²) in [6.07, 6.45) is -0.153. The topological polar surface area (TPSA) is 158 Å². The van der Waals surface area contributed by atoms with Crippen molar-refractivity contribution in [3.05, 3.63) is 124 Å². The normalized spacial score (nSPS) is 14.3. The quantitative estimate of drug-likeness (QED) is 0.0930. The highest BCUT2D eigenvalue weighted by atomic mass is 16.4. The van der Waals surface area contributed by atoms with Crippen LogP contribution in [0.4, 0.5) is 16.2 Å². The van der Waals surface area contributed by atoms with E-state index in [9.17, 15) is 29.7 Å². The van der Waals surface area contributed by atoms with Crippen molar-refractivity contribution >= 4 is 34.3 Å². The van der Waals surface area contributed by atoms with Crippen molar-refractivity contribution in [2.24, 2.45) is 0 Å². The number of fused-ring (bicyclic) bond motifs is 1. The number of benzene rings is 4. The Balaban J connectivity index is 0.969. The number of anilines is 2. The first-order valence-corrected chi connectivity index (χ1v) is 17.2. The molecule has 51 heavy (non-hydrogen) atoms. The number of H-pyrrole nitrogens is 1. The number of pyridine rings is 1. The molecule has 1 fully saturated rings. The maximum Gasteiger partial charge on any atom is 0.412 e. The number of aromatic nitrogens is 1.